The molecule has 1 fully saturated rings. The van der Waals surface area contributed by atoms with Crippen molar-refractivity contribution in [3.63, 3.8) is 0 Å². The summed E-state index contributed by atoms with van der Waals surface area (Å²) in [6.45, 7) is 1.08. The first kappa shape index (κ1) is 13.6. The maximum Gasteiger partial charge on any atom is 0.253 e. The van der Waals surface area contributed by atoms with Gasteiger partial charge in [-0.15, -0.1) is 0 Å². The van der Waals surface area contributed by atoms with Crippen molar-refractivity contribution in [1.29, 1.82) is 0 Å². The predicted molar refractivity (Wildman–Crippen MR) is 76.6 cm³/mol. The number of piperidine rings is 1. The van der Waals surface area contributed by atoms with Crippen LogP contribution in [0.4, 0.5) is 5.69 Å². The molecule has 3 amide bonds. The summed E-state index contributed by atoms with van der Waals surface area (Å²) < 4.78 is 0. The van der Waals surface area contributed by atoms with Gasteiger partial charge in [-0.3, -0.25) is 14.4 Å². The van der Waals surface area contributed by atoms with Gasteiger partial charge in [0, 0.05) is 30.3 Å². The molecule has 6 nitrogen and oxygen atoms in total. The van der Waals surface area contributed by atoms with E-state index in [1.54, 1.807) is 17.0 Å². The first-order chi connectivity index (χ1) is 10.0. The second kappa shape index (κ2) is 5.20. The van der Waals surface area contributed by atoms with Crippen LogP contribution in [0.15, 0.2) is 18.2 Å². The van der Waals surface area contributed by atoms with Gasteiger partial charge >= 0.3 is 0 Å². The van der Waals surface area contributed by atoms with Gasteiger partial charge in [-0.05, 0) is 30.5 Å². The number of benzene rings is 1. The minimum atomic E-state index is -0.289. The van der Waals surface area contributed by atoms with E-state index in [1.165, 1.54) is 0 Å². The van der Waals surface area contributed by atoms with Crippen molar-refractivity contribution in [2.45, 2.75) is 19.3 Å². The van der Waals surface area contributed by atoms with Gasteiger partial charge < -0.3 is 16.0 Å². The molecule has 1 aromatic rings. The normalized spacial score (nSPS) is 18.3. The zero-order chi connectivity index (χ0) is 15.0. The molecule has 0 aliphatic carbocycles. The van der Waals surface area contributed by atoms with Crippen molar-refractivity contribution in [2.75, 3.05) is 18.4 Å². The number of primary amides is 1. The summed E-state index contributed by atoms with van der Waals surface area (Å²) in [5.41, 5.74) is 7.50. The van der Waals surface area contributed by atoms with E-state index in [2.05, 4.69) is 5.32 Å². The maximum atomic E-state index is 12.5. The lowest BCUT2D eigenvalue weighted by Crippen LogP contribution is -2.41. The lowest BCUT2D eigenvalue weighted by Gasteiger charge is -2.30. The fourth-order valence-electron chi connectivity index (χ4n) is 2.90. The van der Waals surface area contributed by atoms with E-state index in [9.17, 15) is 14.4 Å². The van der Waals surface area contributed by atoms with Crippen LogP contribution in [-0.4, -0.2) is 35.7 Å². The third-order valence-electron chi connectivity index (χ3n) is 4.17. The molecule has 3 rings (SSSR count). The average Bonchev–Trinajstić information content (AvgIpc) is 2.85. The summed E-state index contributed by atoms with van der Waals surface area (Å²) in [6, 6.07) is 5.29. The zero-order valence-corrected chi connectivity index (χ0v) is 11.6. The quantitative estimate of drug-likeness (QED) is 0.830. The highest BCUT2D eigenvalue weighted by Gasteiger charge is 2.27. The van der Waals surface area contributed by atoms with E-state index in [0.717, 1.165) is 11.3 Å². The minimum absolute atomic E-state index is 0.0446. The summed E-state index contributed by atoms with van der Waals surface area (Å²) >= 11 is 0. The Morgan fingerprint density at radius 2 is 1.95 bits per heavy atom. The monoisotopic (exact) mass is 287 g/mol. The SMILES string of the molecule is NC(=O)C1CCN(C(=O)c2ccc3c(c2)NC(=O)C3)CC1. The molecule has 21 heavy (non-hydrogen) atoms. The molecule has 0 radical (unpaired) electrons. The number of amides is 3. The highest BCUT2D eigenvalue weighted by Crippen LogP contribution is 2.25. The van der Waals surface area contributed by atoms with Crippen LogP contribution in [0.5, 0.6) is 0 Å². The summed E-state index contributed by atoms with van der Waals surface area (Å²) in [5, 5.41) is 2.75. The highest BCUT2D eigenvalue weighted by molar-refractivity contribution is 6.02. The van der Waals surface area contributed by atoms with Crippen LogP contribution in [0.1, 0.15) is 28.8 Å². The van der Waals surface area contributed by atoms with Crippen LogP contribution in [0.25, 0.3) is 0 Å². The van der Waals surface area contributed by atoms with E-state index in [1.807, 2.05) is 6.07 Å². The van der Waals surface area contributed by atoms with Crippen molar-refractivity contribution in [2.24, 2.45) is 11.7 Å². The van der Waals surface area contributed by atoms with Crippen LogP contribution in [0.3, 0.4) is 0 Å². The standard InChI is InChI=1S/C15H17N3O3/c16-14(20)9-3-5-18(6-4-9)15(21)11-2-1-10-8-13(19)17-12(10)7-11/h1-2,7,9H,3-6,8H2,(H2,16,20)(H,17,19). The van der Waals surface area contributed by atoms with E-state index in [0.29, 0.717) is 37.9 Å². The summed E-state index contributed by atoms with van der Waals surface area (Å²) in [4.78, 5) is 36.7. The second-order valence-corrected chi connectivity index (χ2v) is 5.57. The summed E-state index contributed by atoms with van der Waals surface area (Å²) in [5.74, 6) is -0.533. The van der Waals surface area contributed by atoms with Gasteiger partial charge in [0.15, 0.2) is 0 Å². The van der Waals surface area contributed by atoms with Crippen molar-refractivity contribution < 1.29 is 14.4 Å². The molecule has 110 valence electrons. The highest BCUT2D eigenvalue weighted by atomic mass is 16.2. The molecule has 0 bridgehead atoms. The molecule has 2 aliphatic rings. The van der Waals surface area contributed by atoms with Crippen LogP contribution in [0, 0.1) is 5.92 Å². The van der Waals surface area contributed by atoms with E-state index in [-0.39, 0.29) is 23.6 Å². The zero-order valence-electron chi connectivity index (χ0n) is 11.6. The van der Waals surface area contributed by atoms with Gasteiger partial charge in [-0.1, -0.05) is 6.07 Å². The summed E-state index contributed by atoms with van der Waals surface area (Å²) in [6.07, 6.45) is 1.60. The number of nitrogens with two attached hydrogens (primary N) is 1. The van der Waals surface area contributed by atoms with Gasteiger partial charge in [0.25, 0.3) is 5.91 Å². The Morgan fingerprint density at radius 1 is 1.24 bits per heavy atom. The predicted octanol–water partition coefficient (Wildman–Crippen LogP) is 0.519. The van der Waals surface area contributed by atoms with Crippen LogP contribution in [0.2, 0.25) is 0 Å². The first-order valence-electron chi connectivity index (χ1n) is 7.06. The number of fused-ring (bicyclic) bond motifs is 1. The fraction of sp³-hybridized carbons (Fsp3) is 0.400. The van der Waals surface area contributed by atoms with Crippen molar-refractivity contribution in [1.82, 2.24) is 4.90 Å². The average molecular weight is 287 g/mol. The van der Waals surface area contributed by atoms with Gasteiger partial charge in [0.2, 0.25) is 11.8 Å². The largest absolute Gasteiger partial charge is 0.369 e. The van der Waals surface area contributed by atoms with Crippen molar-refractivity contribution in [3.8, 4) is 0 Å². The second-order valence-electron chi connectivity index (χ2n) is 5.57. The Kier molecular flexibility index (Phi) is 3.37. The molecule has 0 saturated carbocycles. The third-order valence-corrected chi connectivity index (χ3v) is 4.17. The third kappa shape index (κ3) is 2.61. The fourth-order valence-corrected chi connectivity index (χ4v) is 2.90. The van der Waals surface area contributed by atoms with Crippen molar-refractivity contribution in [3.05, 3.63) is 29.3 Å². The van der Waals surface area contributed by atoms with Crippen LogP contribution in [-0.2, 0) is 16.0 Å². The molecule has 0 spiro atoms. The molecule has 1 saturated heterocycles. The number of carbonyl (C=O) groups excluding carboxylic acids is 3. The van der Waals surface area contributed by atoms with Gasteiger partial charge in [-0.25, -0.2) is 0 Å². The molecular weight excluding hydrogens is 270 g/mol. The van der Waals surface area contributed by atoms with Gasteiger partial charge in [0.05, 0.1) is 6.42 Å². The van der Waals surface area contributed by atoms with E-state index < -0.39 is 0 Å². The number of hydrogen-bond acceptors (Lipinski definition) is 3. The molecule has 0 unspecified atom stereocenters. The number of anilines is 1. The smallest absolute Gasteiger partial charge is 0.253 e. The van der Waals surface area contributed by atoms with Gasteiger partial charge in [0.1, 0.15) is 0 Å². The number of hydrogen-bond donors (Lipinski definition) is 2. The molecule has 0 aromatic heterocycles. The molecule has 1 aromatic carbocycles. The Bertz CT molecular complexity index is 619. The van der Waals surface area contributed by atoms with Crippen LogP contribution >= 0.6 is 0 Å². The molecule has 3 N–H and O–H groups in total. The Labute approximate surface area is 122 Å². The molecule has 2 aliphatic heterocycles. The van der Waals surface area contributed by atoms with E-state index in [4.69, 9.17) is 5.73 Å². The molecule has 6 heteroatoms. The lowest BCUT2D eigenvalue weighted by molar-refractivity contribution is -0.123. The maximum absolute atomic E-state index is 12.5. The summed E-state index contributed by atoms with van der Waals surface area (Å²) in [7, 11) is 0. The minimum Gasteiger partial charge on any atom is -0.369 e. The number of nitrogens with zero attached hydrogens (tertiary/aromatic N) is 1. The Hall–Kier alpha value is -2.37. The Balaban J connectivity index is 1.71. The Morgan fingerprint density at radius 3 is 2.62 bits per heavy atom. The molecular formula is C15H17N3O3. The van der Waals surface area contributed by atoms with Crippen molar-refractivity contribution >= 4 is 23.4 Å². The van der Waals surface area contributed by atoms with E-state index >= 15 is 0 Å². The molecule has 2 heterocycles. The number of nitrogens with one attached hydrogen (secondary N) is 1. The lowest BCUT2D eigenvalue weighted by atomic mass is 9.95. The topological polar surface area (TPSA) is 92.5 Å². The number of carbonyl (C=O) groups is 3. The van der Waals surface area contributed by atoms with Gasteiger partial charge in [-0.2, -0.15) is 0 Å². The first-order valence-corrected chi connectivity index (χ1v) is 7.06. The molecule has 0 atom stereocenters. The number of likely N-dealkylation sites (tertiary alicyclic amines) is 1. The van der Waals surface area contributed by atoms with Crippen LogP contribution < -0.4 is 11.1 Å². The number of rotatable bonds is 2.